The van der Waals surface area contributed by atoms with Crippen molar-refractivity contribution in [3.8, 4) is 0 Å². The predicted octanol–water partition coefficient (Wildman–Crippen LogP) is 1.45. The van der Waals surface area contributed by atoms with E-state index in [1.54, 1.807) is 19.1 Å². The number of benzene rings is 1. The molecule has 0 unspecified atom stereocenters. The molecular formula is C13H17FN2O2. The quantitative estimate of drug-likeness (QED) is 0.837. The Morgan fingerprint density at radius 2 is 2.33 bits per heavy atom. The van der Waals surface area contributed by atoms with Crippen molar-refractivity contribution >= 4 is 11.6 Å². The molecule has 5 heteroatoms. The Labute approximate surface area is 106 Å². The van der Waals surface area contributed by atoms with Gasteiger partial charge in [-0.25, -0.2) is 4.39 Å². The van der Waals surface area contributed by atoms with E-state index >= 15 is 0 Å². The zero-order valence-corrected chi connectivity index (χ0v) is 10.5. The molecule has 18 heavy (non-hydrogen) atoms. The lowest BCUT2D eigenvalue weighted by atomic mass is 10.1. The van der Waals surface area contributed by atoms with Crippen LogP contribution in [0.25, 0.3) is 0 Å². The van der Waals surface area contributed by atoms with E-state index in [2.05, 4.69) is 10.6 Å². The zero-order chi connectivity index (χ0) is 13.1. The van der Waals surface area contributed by atoms with Crippen molar-refractivity contribution < 1.29 is 13.9 Å². The summed E-state index contributed by atoms with van der Waals surface area (Å²) in [6.45, 7) is 4.76. The van der Waals surface area contributed by atoms with E-state index < -0.39 is 6.04 Å². The van der Waals surface area contributed by atoms with Crippen molar-refractivity contribution in [1.29, 1.82) is 0 Å². The summed E-state index contributed by atoms with van der Waals surface area (Å²) < 4.78 is 18.8. The molecule has 0 aromatic heterocycles. The van der Waals surface area contributed by atoms with Crippen LogP contribution in [-0.4, -0.2) is 31.2 Å². The number of carbonyl (C=O) groups excluding carboxylic acids is 1. The predicted molar refractivity (Wildman–Crippen MR) is 67.0 cm³/mol. The number of nitrogens with one attached hydrogen (secondary N) is 2. The first kappa shape index (κ1) is 13.0. The van der Waals surface area contributed by atoms with Gasteiger partial charge in [-0.05, 0) is 31.5 Å². The number of anilines is 1. The van der Waals surface area contributed by atoms with Gasteiger partial charge >= 0.3 is 0 Å². The van der Waals surface area contributed by atoms with Gasteiger partial charge in [0.15, 0.2) is 0 Å². The van der Waals surface area contributed by atoms with Crippen molar-refractivity contribution in [1.82, 2.24) is 5.32 Å². The summed E-state index contributed by atoms with van der Waals surface area (Å²) >= 11 is 0. The molecule has 1 fully saturated rings. The molecule has 2 N–H and O–H groups in total. The Morgan fingerprint density at radius 1 is 1.56 bits per heavy atom. The highest BCUT2D eigenvalue weighted by molar-refractivity contribution is 5.95. The lowest BCUT2D eigenvalue weighted by Gasteiger charge is -2.29. The monoisotopic (exact) mass is 252 g/mol. The molecule has 4 nitrogen and oxygen atoms in total. The Kier molecular flexibility index (Phi) is 3.93. The normalized spacial score (nSPS) is 23.7. The molecule has 98 valence electrons. The van der Waals surface area contributed by atoms with Crippen LogP contribution in [0, 0.1) is 12.7 Å². The average Bonchev–Trinajstić information content (AvgIpc) is 2.34. The van der Waals surface area contributed by atoms with Crippen molar-refractivity contribution in [3.05, 3.63) is 29.6 Å². The fourth-order valence-corrected chi connectivity index (χ4v) is 1.92. The van der Waals surface area contributed by atoms with Crippen LogP contribution in [0.5, 0.6) is 0 Å². The second-order valence-corrected chi connectivity index (χ2v) is 4.46. The maximum atomic E-state index is 13.4. The van der Waals surface area contributed by atoms with Crippen LogP contribution in [0.15, 0.2) is 18.2 Å². The molecule has 1 aliphatic heterocycles. The summed E-state index contributed by atoms with van der Waals surface area (Å²) in [5.41, 5.74) is 1.02. The zero-order valence-electron chi connectivity index (χ0n) is 10.5. The van der Waals surface area contributed by atoms with Crippen LogP contribution in [-0.2, 0) is 9.53 Å². The van der Waals surface area contributed by atoms with Crippen LogP contribution < -0.4 is 10.6 Å². The van der Waals surface area contributed by atoms with Gasteiger partial charge in [-0.3, -0.25) is 4.79 Å². The summed E-state index contributed by atoms with van der Waals surface area (Å²) in [6.07, 6.45) is -0.186. The molecule has 0 aliphatic carbocycles. The number of rotatable bonds is 2. The Morgan fingerprint density at radius 3 is 3.00 bits per heavy atom. The summed E-state index contributed by atoms with van der Waals surface area (Å²) in [5.74, 6) is -0.529. The molecule has 1 aromatic carbocycles. The maximum Gasteiger partial charge on any atom is 0.244 e. The number of hydrogen-bond acceptors (Lipinski definition) is 3. The first-order valence-corrected chi connectivity index (χ1v) is 6.00. The van der Waals surface area contributed by atoms with E-state index in [4.69, 9.17) is 4.74 Å². The minimum absolute atomic E-state index is 0.186. The van der Waals surface area contributed by atoms with Gasteiger partial charge in [-0.15, -0.1) is 0 Å². The largest absolute Gasteiger partial charge is 0.375 e. The number of morpholine rings is 1. The number of halogens is 1. The fourth-order valence-electron chi connectivity index (χ4n) is 1.92. The van der Waals surface area contributed by atoms with Gasteiger partial charge < -0.3 is 15.4 Å². The van der Waals surface area contributed by atoms with Crippen molar-refractivity contribution in [2.24, 2.45) is 0 Å². The standard InChI is InChI=1S/C13H17FN2O2/c1-8-3-4-10(7-11(8)14)16-13(17)12-9(2)18-6-5-15-12/h3-4,7,9,12,15H,5-6H2,1-2H3,(H,16,17)/t9-,12+/m1/s1. The summed E-state index contributed by atoms with van der Waals surface area (Å²) in [7, 11) is 0. The SMILES string of the molecule is Cc1ccc(NC(=O)[C@H]2NCCO[C@@H]2C)cc1F. The van der Waals surface area contributed by atoms with Crippen molar-refractivity contribution in [3.63, 3.8) is 0 Å². The first-order chi connectivity index (χ1) is 8.58. The first-order valence-electron chi connectivity index (χ1n) is 6.00. The molecule has 0 radical (unpaired) electrons. The molecule has 1 amide bonds. The molecule has 0 saturated carbocycles. The number of aryl methyl sites for hydroxylation is 1. The van der Waals surface area contributed by atoms with Crippen LogP contribution in [0.2, 0.25) is 0 Å². The summed E-state index contributed by atoms with van der Waals surface area (Å²) in [4.78, 5) is 12.0. The van der Waals surface area contributed by atoms with Crippen molar-refractivity contribution in [2.45, 2.75) is 26.0 Å². The van der Waals surface area contributed by atoms with Crippen LogP contribution in [0.3, 0.4) is 0 Å². The van der Waals surface area contributed by atoms with Crippen LogP contribution in [0.1, 0.15) is 12.5 Å². The maximum absolute atomic E-state index is 13.4. The van der Waals surface area contributed by atoms with Crippen molar-refractivity contribution in [2.75, 3.05) is 18.5 Å². The van der Waals surface area contributed by atoms with Gasteiger partial charge in [0.2, 0.25) is 5.91 Å². The number of amides is 1. The van der Waals surface area contributed by atoms with Gasteiger partial charge in [-0.2, -0.15) is 0 Å². The summed E-state index contributed by atoms with van der Waals surface area (Å²) in [6, 6.07) is 4.24. The lowest BCUT2D eigenvalue weighted by molar-refractivity contribution is -0.123. The molecule has 1 aromatic rings. The van der Waals surface area contributed by atoms with E-state index in [1.165, 1.54) is 6.07 Å². The Bertz CT molecular complexity index is 451. The van der Waals surface area contributed by atoms with E-state index in [0.29, 0.717) is 24.4 Å². The van der Waals surface area contributed by atoms with Gasteiger partial charge in [0, 0.05) is 12.2 Å². The van der Waals surface area contributed by atoms with E-state index in [-0.39, 0.29) is 17.8 Å². The minimum Gasteiger partial charge on any atom is -0.375 e. The fraction of sp³-hybridized carbons (Fsp3) is 0.462. The third-order valence-electron chi connectivity index (χ3n) is 3.04. The van der Waals surface area contributed by atoms with Gasteiger partial charge in [0.05, 0.1) is 12.7 Å². The minimum atomic E-state index is -0.400. The molecule has 1 aliphatic rings. The van der Waals surface area contributed by atoms with Crippen LogP contribution in [0.4, 0.5) is 10.1 Å². The molecule has 0 spiro atoms. The van der Waals surface area contributed by atoms with E-state index in [9.17, 15) is 9.18 Å². The smallest absolute Gasteiger partial charge is 0.244 e. The van der Waals surface area contributed by atoms with Gasteiger partial charge in [0.1, 0.15) is 11.9 Å². The number of carbonyl (C=O) groups is 1. The molecule has 1 heterocycles. The van der Waals surface area contributed by atoms with Crippen LogP contribution >= 0.6 is 0 Å². The van der Waals surface area contributed by atoms with E-state index in [0.717, 1.165) is 0 Å². The third-order valence-corrected chi connectivity index (χ3v) is 3.04. The average molecular weight is 252 g/mol. The molecule has 2 atom stereocenters. The Hall–Kier alpha value is -1.46. The number of hydrogen-bond donors (Lipinski definition) is 2. The molecule has 2 rings (SSSR count). The second-order valence-electron chi connectivity index (χ2n) is 4.46. The second kappa shape index (κ2) is 5.46. The summed E-state index contributed by atoms with van der Waals surface area (Å²) in [5, 5.41) is 5.77. The van der Waals surface area contributed by atoms with E-state index in [1.807, 2.05) is 6.92 Å². The molecule has 0 bridgehead atoms. The van der Waals surface area contributed by atoms with Gasteiger partial charge in [0.25, 0.3) is 0 Å². The molecular weight excluding hydrogens is 235 g/mol. The Balaban J connectivity index is 2.04. The lowest BCUT2D eigenvalue weighted by Crippen LogP contribution is -2.53. The number of ether oxygens (including phenoxy) is 1. The third kappa shape index (κ3) is 2.86. The topological polar surface area (TPSA) is 50.4 Å². The van der Waals surface area contributed by atoms with Gasteiger partial charge in [-0.1, -0.05) is 6.07 Å². The highest BCUT2D eigenvalue weighted by atomic mass is 19.1. The highest BCUT2D eigenvalue weighted by Gasteiger charge is 2.28. The highest BCUT2D eigenvalue weighted by Crippen LogP contribution is 2.15. The molecule has 1 saturated heterocycles.